The van der Waals surface area contributed by atoms with E-state index in [1.165, 1.54) is 0 Å². The highest BCUT2D eigenvalue weighted by Crippen LogP contribution is 2.33. The van der Waals surface area contributed by atoms with E-state index in [2.05, 4.69) is 5.10 Å². The smallest absolute Gasteiger partial charge is 0.238 e. The lowest BCUT2D eigenvalue weighted by atomic mass is 10.3. The molecule has 78 valence electrons. The van der Waals surface area contributed by atoms with Crippen LogP contribution in [0.3, 0.4) is 0 Å². The maximum absolute atomic E-state index is 5.96. The predicted octanol–water partition coefficient (Wildman–Crippen LogP) is 3.52. The molecule has 0 saturated carbocycles. The van der Waals surface area contributed by atoms with Gasteiger partial charge in [0, 0.05) is 19.3 Å². The largest absolute Gasteiger partial charge is 0.436 e. The van der Waals surface area contributed by atoms with E-state index in [-0.39, 0.29) is 0 Å². The molecule has 5 heteroatoms. The number of benzene rings is 1. The molecule has 1 aromatic carbocycles. The van der Waals surface area contributed by atoms with Gasteiger partial charge in [0.15, 0.2) is 0 Å². The molecule has 1 aromatic heterocycles. The molecule has 0 radical (unpaired) electrons. The molecule has 0 atom stereocenters. The van der Waals surface area contributed by atoms with E-state index in [1.54, 1.807) is 35.1 Å². The molecule has 0 aliphatic carbocycles. The van der Waals surface area contributed by atoms with Crippen LogP contribution < -0.4 is 4.74 Å². The third kappa shape index (κ3) is 2.25. The van der Waals surface area contributed by atoms with Crippen molar-refractivity contribution in [2.24, 2.45) is 7.05 Å². The number of aryl methyl sites for hydroxylation is 1. The lowest BCUT2D eigenvalue weighted by Gasteiger charge is -2.04. The molecule has 0 unspecified atom stereocenters. The van der Waals surface area contributed by atoms with Gasteiger partial charge in [-0.2, -0.15) is 0 Å². The normalized spacial score (nSPS) is 10.3. The van der Waals surface area contributed by atoms with Crippen LogP contribution in [0.2, 0.25) is 10.0 Å². The summed E-state index contributed by atoms with van der Waals surface area (Å²) in [5.41, 5.74) is 0. The number of ether oxygens (including phenoxy) is 1. The Hall–Kier alpha value is -1.19. The number of halogens is 2. The van der Waals surface area contributed by atoms with Crippen LogP contribution in [0.1, 0.15) is 0 Å². The summed E-state index contributed by atoms with van der Waals surface area (Å²) >= 11 is 11.8. The van der Waals surface area contributed by atoms with Crippen LogP contribution in [0, 0.1) is 0 Å². The zero-order valence-corrected chi connectivity index (χ0v) is 9.46. The molecule has 15 heavy (non-hydrogen) atoms. The third-order valence-corrected chi connectivity index (χ3v) is 2.62. The lowest BCUT2D eigenvalue weighted by molar-refractivity contribution is 0.454. The fourth-order valence-electron chi connectivity index (χ4n) is 1.12. The Morgan fingerprint density at radius 1 is 1.27 bits per heavy atom. The van der Waals surface area contributed by atoms with Crippen LogP contribution in [-0.2, 0) is 7.05 Å². The Labute approximate surface area is 97.2 Å². The van der Waals surface area contributed by atoms with Crippen molar-refractivity contribution in [3.8, 4) is 11.6 Å². The van der Waals surface area contributed by atoms with Crippen molar-refractivity contribution < 1.29 is 4.74 Å². The summed E-state index contributed by atoms with van der Waals surface area (Å²) in [5, 5.41) is 4.93. The third-order valence-electron chi connectivity index (χ3n) is 1.82. The van der Waals surface area contributed by atoms with Crippen molar-refractivity contribution in [1.29, 1.82) is 0 Å². The van der Waals surface area contributed by atoms with E-state index < -0.39 is 0 Å². The molecule has 2 rings (SSSR count). The average molecular weight is 243 g/mol. The molecule has 0 saturated heterocycles. The summed E-state index contributed by atoms with van der Waals surface area (Å²) in [6.07, 6.45) is 1.79. The van der Waals surface area contributed by atoms with Gasteiger partial charge in [0.2, 0.25) is 5.88 Å². The number of nitrogens with zero attached hydrogens (tertiary/aromatic N) is 2. The van der Waals surface area contributed by atoms with Crippen molar-refractivity contribution in [3.05, 3.63) is 40.5 Å². The first-order valence-corrected chi connectivity index (χ1v) is 5.04. The first kappa shape index (κ1) is 10.3. The highest BCUT2D eigenvalue weighted by molar-refractivity contribution is 6.42. The molecule has 1 heterocycles. The minimum atomic E-state index is 0.393. The van der Waals surface area contributed by atoms with Gasteiger partial charge in [0.1, 0.15) is 10.8 Å². The molecular formula is C10H8Cl2N2O. The van der Waals surface area contributed by atoms with Crippen LogP contribution in [0.15, 0.2) is 30.5 Å². The Balaban J connectivity index is 2.28. The molecule has 2 aromatic rings. The number of rotatable bonds is 2. The van der Waals surface area contributed by atoms with Crippen LogP contribution in [0.4, 0.5) is 0 Å². The van der Waals surface area contributed by atoms with Crippen LogP contribution in [0.25, 0.3) is 0 Å². The first-order valence-electron chi connectivity index (χ1n) is 4.28. The van der Waals surface area contributed by atoms with Gasteiger partial charge >= 0.3 is 0 Å². The molecule has 3 nitrogen and oxygen atoms in total. The summed E-state index contributed by atoms with van der Waals surface area (Å²) in [6.45, 7) is 0. The van der Waals surface area contributed by atoms with Gasteiger partial charge in [-0.3, -0.25) is 4.68 Å². The monoisotopic (exact) mass is 242 g/mol. The quantitative estimate of drug-likeness (QED) is 0.806. The van der Waals surface area contributed by atoms with Gasteiger partial charge in [-0.05, 0) is 12.1 Å². The Kier molecular flexibility index (Phi) is 2.84. The summed E-state index contributed by atoms with van der Waals surface area (Å²) in [7, 11) is 1.81. The molecule has 0 N–H and O–H groups in total. The first-order chi connectivity index (χ1) is 7.16. The number of hydrogen-bond donors (Lipinski definition) is 0. The van der Waals surface area contributed by atoms with E-state index >= 15 is 0 Å². The summed E-state index contributed by atoms with van der Waals surface area (Å²) in [5.74, 6) is 0.990. The topological polar surface area (TPSA) is 27.1 Å². The average Bonchev–Trinajstić information content (AvgIpc) is 2.59. The standard InChI is InChI=1S/C10H8Cl2N2O/c1-14-6-5-9(13-14)15-8-4-2-3-7(11)10(8)12/h2-6H,1H3. The van der Waals surface area contributed by atoms with E-state index in [4.69, 9.17) is 27.9 Å². The van der Waals surface area contributed by atoms with E-state index in [0.717, 1.165) is 0 Å². The van der Waals surface area contributed by atoms with Crippen molar-refractivity contribution in [1.82, 2.24) is 9.78 Å². The Morgan fingerprint density at radius 2 is 2.07 bits per heavy atom. The van der Waals surface area contributed by atoms with Gasteiger partial charge in [0.05, 0.1) is 5.02 Å². The maximum atomic E-state index is 5.96. The SMILES string of the molecule is Cn1ccc(Oc2cccc(Cl)c2Cl)n1. The van der Waals surface area contributed by atoms with Crippen LogP contribution >= 0.6 is 23.2 Å². The zero-order valence-electron chi connectivity index (χ0n) is 7.95. The van der Waals surface area contributed by atoms with Gasteiger partial charge in [0.25, 0.3) is 0 Å². The molecule has 0 fully saturated rings. The van der Waals surface area contributed by atoms with E-state index in [1.807, 2.05) is 7.05 Å². The second-order valence-electron chi connectivity index (χ2n) is 2.98. The minimum Gasteiger partial charge on any atom is -0.436 e. The van der Waals surface area contributed by atoms with Crippen molar-refractivity contribution >= 4 is 23.2 Å². The second kappa shape index (κ2) is 4.13. The summed E-state index contributed by atoms with van der Waals surface area (Å²) in [6, 6.07) is 6.96. The van der Waals surface area contributed by atoms with Crippen molar-refractivity contribution in [2.75, 3.05) is 0 Å². The number of hydrogen-bond acceptors (Lipinski definition) is 2. The molecular weight excluding hydrogens is 235 g/mol. The van der Waals surface area contributed by atoms with Crippen molar-refractivity contribution in [2.45, 2.75) is 0 Å². The molecule has 0 aliphatic heterocycles. The van der Waals surface area contributed by atoms with Gasteiger partial charge in [-0.25, -0.2) is 0 Å². The summed E-state index contributed by atoms with van der Waals surface area (Å²) in [4.78, 5) is 0. The highest BCUT2D eigenvalue weighted by atomic mass is 35.5. The fourth-order valence-corrected chi connectivity index (χ4v) is 1.45. The van der Waals surface area contributed by atoms with Gasteiger partial charge in [-0.1, -0.05) is 29.3 Å². The molecule has 0 spiro atoms. The van der Waals surface area contributed by atoms with E-state index in [0.29, 0.717) is 21.7 Å². The number of aromatic nitrogens is 2. The molecule has 0 amide bonds. The Bertz CT molecular complexity index is 482. The maximum Gasteiger partial charge on any atom is 0.238 e. The van der Waals surface area contributed by atoms with Crippen LogP contribution in [-0.4, -0.2) is 9.78 Å². The van der Waals surface area contributed by atoms with Gasteiger partial charge < -0.3 is 4.74 Å². The second-order valence-corrected chi connectivity index (χ2v) is 3.77. The molecule has 0 bridgehead atoms. The van der Waals surface area contributed by atoms with Crippen LogP contribution in [0.5, 0.6) is 11.6 Å². The van der Waals surface area contributed by atoms with Gasteiger partial charge in [-0.15, -0.1) is 5.10 Å². The lowest BCUT2D eigenvalue weighted by Crippen LogP contribution is -1.90. The fraction of sp³-hybridized carbons (Fsp3) is 0.100. The summed E-state index contributed by atoms with van der Waals surface area (Å²) < 4.78 is 7.11. The molecule has 0 aliphatic rings. The minimum absolute atomic E-state index is 0.393. The zero-order chi connectivity index (χ0) is 10.8. The van der Waals surface area contributed by atoms with E-state index in [9.17, 15) is 0 Å². The predicted molar refractivity (Wildman–Crippen MR) is 59.7 cm³/mol. The Morgan fingerprint density at radius 3 is 2.73 bits per heavy atom. The van der Waals surface area contributed by atoms with Crippen molar-refractivity contribution in [3.63, 3.8) is 0 Å². The highest BCUT2D eigenvalue weighted by Gasteiger charge is 2.07.